The summed E-state index contributed by atoms with van der Waals surface area (Å²) in [6, 6.07) is 0.986. The molecule has 10 heteroatoms. The van der Waals surface area contributed by atoms with Crippen LogP contribution < -0.4 is 0 Å². The lowest BCUT2D eigenvalue weighted by Crippen LogP contribution is -2.41. The zero-order valence-electron chi connectivity index (χ0n) is 13.9. The second-order valence-electron chi connectivity index (χ2n) is 6.77. The van der Waals surface area contributed by atoms with E-state index in [4.69, 9.17) is 4.74 Å². The molecule has 5 heterocycles. The Kier molecular flexibility index (Phi) is 3.36. The van der Waals surface area contributed by atoms with Gasteiger partial charge in [0.2, 0.25) is 0 Å². The first-order valence-electron chi connectivity index (χ1n) is 8.42. The molecule has 0 aliphatic carbocycles. The molecule has 0 spiro atoms. The Morgan fingerprint density at radius 2 is 2.19 bits per heavy atom. The summed E-state index contributed by atoms with van der Waals surface area (Å²) in [5, 5.41) is 6.38. The zero-order valence-corrected chi connectivity index (χ0v) is 13.9. The lowest BCUT2D eigenvalue weighted by atomic mass is 10.1. The molecule has 2 bridgehead atoms. The van der Waals surface area contributed by atoms with Gasteiger partial charge in [-0.15, -0.1) is 0 Å². The average molecular weight is 377 g/mol. The first-order chi connectivity index (χ1) is 12.9. The van der Waals surface area contributed by atoms with E-state index in [9.17, 15) is 18.0 Å². The number of carbonyl (C=O) groups excluding carboxylic acids is 1. The number of aromatic amines is 1. The van der Waals surface area contributed by atoms with Crippen molar-refractivity contribution in [2.75, 3.05) is 13.2 Å². The maximum absolute atomic E-state index is 13.4. The number of fused-ring (bicyclic) bond motifs is 3. The molecule has 2 atom stereocenters. The highest BCUT2D eigenvalue weighted by Crippen LogP contribution is 2.35. The number of imidazole rings is 1. The fourth-order valence-electron chi connectivity index (χ4n) is 3.81. The Bertz CT molecular complexity index is 1030. The molecule has 2 aliphatic heterocycles. The molecule has 3 aromatic heterocycles. The van der Waals surface area contributed by atoms with E-state index < -0.39 is 11.7 Å². The molecule has 2 saturated heterocycles. The third-order valence-corrected chi connectivity index (χ3v) is 5.12. The van der Waals surface area contributed by atoms with Gasteiger partial charge in [-0.2, -0.15) is 18.3 Å². The summed E-state index contributed by atoms with van der Waals surface area (Å²) < 4.78 is 47.0. The quantitative estimate of drug-likeness (QED) is 0.744. The number of nitrogens with zero attached hydrogens (tertiary/aromatic N) is 4. The maximum Gasteiger partial charge on any atom is 0.417 e. The number of pyridine rings is 1. The predicted molar refractivity (Wildman–Crippen MR) is 87.0 cm³/mol. The molecule has 0 aromatic carbocycles. The number of rotatable bonds is 2. The number of aromatic nitrogens is 4. The summed E-state index contributed by atoms with van der Waals surface area (Å²) in [4.78, 5) is 18.9. The lowest BCUT2D eigenvalue weighted by Gasteiger charge is -2.26. The maximum atomic E-state index is 13.4. The van der Waals surface area contributed by atoms with Crippen molar-refractivity contribution in [2.45, 2.75) is 24.7 Å². The molecular formula is C17H14F3N5O2. The van der Waals surface area contributed by atoms with Gasteiger partial charge in [-0.3, -0.25) is 14.3 Å². The smallest absolute Gasteiger partial charge is 0.374 e. The van der Waals surface area contributed by atoms with Gasteiger partial charge in [0, 0.05) is 30.1 Å². The van der Waals surface area contributed by atoms with Gasteiger partial charge in [0.25, 0.3) is 5.91 Å². The summed E-state index contributed by atoms with van der Waals surface area (Å²) in [7, 11) is 0. The summed E-state index contributed by atoms with van der Waals surface area (Å²) in [6.45, 7) is 0.908. The number of hydrogen-bond acceptors (Lipinski definition) is 4. The molecule has 2 fully saturated rings. The first kappa shape index (κ1) is 16.3. The van der Waals surface area contributed by atoms with Gasteiger partial charge in [0.15, 0.2) is 0 Å². The first-order valence-corrected chi connectivity index (χ1v) is 8.42. The molecule has 140 valence electrons. The van der Waals surface area contributed by atoms with Gasteiger partial charge in [-0.1, -0.05) is 0 Å². The predicted octanol–water partition coefficient (Wildman–Crippen LogP) is 2.36. The van der Waals surface area contributed by atoms with Crippen molar-refractivity contribution in [1.29, 1.82) is 0 Å². The third kappa shape index (κ3) is 2.51. The van der Waals surface area contributed by atoms with Crippen molar-refractivity contribution in [3.8, 4) is 11.1 Å². The van der Waals surface area contributed by atoms with E-state index in [-0.39, 0.29) is 35.0 Å². The Morgan fingerprint density at radius 1 is 1.33 bits per heavy atom. The Morgan fingerprint density at radius 3 is 2.81 bits per heavy atom. The van der Waals surface area contributed by atoms with E-state index in [1.807, 2.05) is 0 Å². The van der Waals surface area contributed by atoms with Crippen LogP contribution in [-0.4, -0.2) is 55.7 Å². The van der Waals surface area contributed by atoms with E-state index in [1.165, 1.54) is 23.0 Å². The number of likely N-dealkylation sites (tertiary alicyclic amines) is 1. The molecule has 27 heavy (non-hydrogen) atoms. The van der Waals surface area contributed by atoms with E-state index in [0.29, 0.717) is 18.7 Å². The van der Waals surface area contributed by atoms with Crippen LogP contribution in [-0.2, 0) is 10.9 Å². The van der Waals surface area contributed by atoms with Crippen LogP contribution in [0.25, 0.3) is 16.8 Å². The van der Waals surface area contributed by atoms with Crippen molar-refractivity contribution in [1.82, 2.24) is 24.5 Å². The average Bonchev–Trinajstić information content (AvgIpc) is 3.43. The largest absolute Gasteiger partial charge is 0.417 e. The van der Waals surface area contributed by atoms with Gasteiger partial charge < -0.3 is 9.64 Å². The minimum Gasteiger partial charge on any atom is -0.374 e. The standard InChI is InChI=1S/C17H14F3N5O2/c18-17(19,20)10-1-13(9-3-22-23-4-9)15-21-5-14(25(15)6-10)16(26)24-7-12-2-11(24)8-27-12/h1,3-6,11-12H,2,7-8H2,(H,22,23). The van der Waals surface area contributed by atoms with Crippen LogP contribution in [0.3, 0.4) is 0 Å². The highest BCUT2D eigenvalue weighted by Gasteiger charge is 2.42. The number of halogens is 3. The van der Waals surface area contributed by atoms with Crippen LogP contribution >= 0.6 is 0 Å². The van der Waals surface area contributed by atoms with Crippen LogP contribution in [0.5, 0.6) is 0 Å². The van der Waals surface area contributed by atoms with Gasteiger partial charge >= 0.3 is 6.18 Å². The third-order valence-electron chi connectivity index (χ3n) is 5.12. The number of ether oxygens (including phenoxy) is 1. The van der Waals surface area contributed by atoms with Crippen LogP contribution in [0, 0.1) is 0 Å². The minimum absolute atomic E-state index is 0.00497. The van der Waals surface area contributed by atoms with Crippen LogP contribution in [0.1, 0.15) is 22.5 Å². The highest BCUT2D eigenvalue weighted by molar-refractivity contribution is 5.95. The summed E-state index contributed by atoms with van der Waals surface area (Å²) in [6.07, 6.45) is 1.36. The van der Waals surface area contributed by atoms with Crippen molar-refractivity contribution < 1.29 is 22.7 Å². The molecule has 2 unspecified atom stereocenters. The molecule has 7 nitrogen and oxygen atoms in total. The Hall–Kier alpha value is -2.88. The zero-order chi connectivity index (χ0) is 18.8. The number of alkyl halides is 3. The number of hydrogen-bond donors (Lipinski definition) is 1. The number of H-pyrrole nitrogens is 1. The number of carbonyl (C=O) groups is 1. The minimum atomic E-state index is -4.56. The topological polar surface area (TPSA) is 75.5 Å². The van der Waals surface area contributed by atoms with Crippen LogP contribution in [0.4, 0.5) is 13.2 Å². The monoisotopic (exact) mass is 377 g/mol. The van der Waals surface area contributed by atoms with Crippen molar-refractivity contribution in [3.63, 3.8) is 0 Å². The van der Waals surface area contributed by atoms with E-state index in [1.54, 1.807) is 4.90 Å². The summed E-state index contributed by atoms with van der Waals surface area (Å²) in [5.41, 5.74) is 0.236. The molecule has 5 rings (SSSR count). The van der Waals surface area contributed by atoms with Gasteiger partial charge in [0.1, 0.15) is 11.3 Å². The van der Waals surface area contributed by atoms with Crippen molar-refractivity contribution in [3.05, 3.63) is 42.1 Å². The van der Waals surface area contributed by atoms with Crippen molar-refractivity contribution in [2.24, 2.45) is 0 Å². The normalized spacial score (nSPS) is 22.1. The fraction of sp³-hybridized carbons (Fsp3) is 0.353. The molecule has 3 aromatic rings. The van der Waals surface area contributed by atoms with Gasteiger partial charge in [0.05, 0.1) is 36.7 Å². The summed E-state index contributed by atoms with van der Waals surface area (Å²) >= 11 is 0. The van der Waals surface area contributed by atoms with Crippen molar-refractivity contribution >= 4 is 11.6 Å². The number of amides is 1. The molecule has 2 aliphatic rings. The van der Waals surface area contributed by atoms with E-state index >= 15 is 0 Å². The number of morpholine rings is 1. The van der Waals surface area contributed by atoms with Crippen LogP contribution in [0.2, 0.25) is 0 Å². The second-order valence-corrected chi connectivity index (χ2v) is 6.77. The summed E-state index contributed by atoms with van der Waals surface area (Å²) in [5.74, 6) is -0.337. The SMILES string of the molecule is O=C(c1cnc2c(-c3cn[nH]c3)cc(C(F)(F)F)cn12)N1CC2CC1CO2. The molecular weight excluding hydrogens is 363 g/mol. The Labute approximate surface area is 150 Å². The molecule has 1 amide bonds. The van der Waals surface area contributed by atoms with E-state index in [2.05, 4.69) is 15.2 Å². The number of nitrogens with one attached hydrogen (secondary N) is 1. The fourth-order valence-corrected chi connectivity index (χ4v) is 3.81. The molecule has 1 N–H and O–H groups in total. The molecule has 0 saturated carbocycles. The lowest BCUT2D eigenvalue weighted by molar-refractivity contribution is -0.137. The van der Waals surface area contributed by atoms with E-state index in [0.717, 1.165) is 18.7 Å². The highest BCUT2D eigenvalue weighted by atomic mass is 19.4. The Balaban J connectivity index is 1.66. The van der Waals surface area contributed by atoms with Crippen LogP contribution in [0.15, 0.2) is 30.9 Å². The molecule has 0 radical (unpaired) electrons. The van der Waals surface area contributed by atoms with Gasteiger partial charge in [-0.05, 0) is 12.5 Å². The second kappa shape index (κ2) is 5.56. The van der Waals surface area contributed by atoms with Gasteiger partial charge in [-0.25, -0.2) is 4.98 Å².